The molecule has 0 amide bonds. The van der Waals surface area contributed by atoms with Gasteiger partial charge in [0.05, 0.1) is 12.6 Å². The zero-order chi connectivity index (χ0) is 21.0. The Morgan fingerprint density at radius 3 is 2.83 bits per heavy atom. The first kappa shape index (κ1) is 23.0. The lowest BCUT2D eigenvalue weighted by Crippen LogP contribution is -2.42. The summed E-state index contributed by atoms with van der Waals surface area (Å²) in [6, 6.07) is 0.727. The molecule has 0 bridgehead atoms. The predicted octanol–water partition coefficient (Wildman–Crippen LogP) is 2.21. The average Bonchev–Trinajstić information content (AvgIpc) is 3.24. The Labute approximate surface area is 181 Å². The Balaban J connectivity index is 1.44. The number of rotatable bonds is 10. The summed E-state index contributed by atoms with van der Waals surface area (Å²) < 4.78 is 7.95. The molecular formula is C22H41N7O. The number of aromatic nitrogens is 3. The van der Waals surface area contributed by atoms with Crippen molar-refractivity contribution in [2.24, 2.45) is 4.99 Å². The van der Waals surface area contributed by atoms with E-state index in [1.807, 2.05) is 0 Å². The molecule has 2 N–H and O–H groups in total. The number of ether oxygens (including phenoxy) is 1. The molecule has 2 saturated heterocycles. The minimum absolute atomic E-state index is 0.260. The highest BCUT2D eigenvalue weighted by Crippen LogP contribution is 2.16. The molecule has 0 aliphatic carbocycles. The predicted molar refractivity (Wildman–Crippen MR) is 121 cm³/mol. The molecule has 2 unspecified atom stereocenters. The van der Waals surface area contributed by atoms with Crippen LogP contribution >= 0.6 is 0 Å². The molecule has 30 heavy (non-hydrogen) atoms. The summed E-state index contributed by atoms with van der Waals surface area (Å²) in [7, 11) is 0. The smallest absolute Gasteiger partial charge is 0.191 e. The third-order valence-corrected chi connectivity index (χ3v) is 6.24. The lowest BCUT2D eigenvalue weighted by molar-refractivity contribution is 0.0224. The van der Waals surface area contributed by atoms with Gasteiger partial charge in [0.25, 0.3) is 0 Å². The largest absolute Gasteiger partial charge is 0.376 e. The van der Waals surface area contributed by atoms with Gasteiger partial charge in [-0.3, -0.25) is 4.99 Å². The van der Waals surface area contributed by atoms with Crippen LogP contribution in [0.15, 0.2) is 11.3 Å². The fourth-order valence-corrected chi connectivity index (χ4v) is 4.33. The van der Waals surface area contributed by atoms with E-state index in [0.717, 1.165) is 76.4 Å². The fourth-order valence-electron chi connectivity index (χ4n) is 4.33. The molecule has 8 heteroatoms. The SMILES string of the molecule is CCc1nncn1CCNC(=NCC1CCCCO1)NCCCN1CCCCC1C. The van der Waals surface area contributed by atoms with Crippen molar-refractivity contribution < 1.29 is 4.74 Å². The molecule has 8 nitrogen and oxygen atoms in total. The number of nitrogens with one attached hydrogen (secondary N) is 2. The quantitative estimate of drug-likeness (QED) is 0.344. The van der Waals surface area contributed by atoms with Crippen molar-refractivity contribution >= 4 is 5.96 Å². The van der Waals surface area contributed by atoms with E-state index in [-0.39, 0.29) is 6.10 Å². The molecule has 0 spiro atoms. The Kier molecular flexibility index (Phi) is 9.89. The Bertz CT molecular complexity index is 627. The molecule has 3 heterocycles. The van der Waals surface area contributed by atoms with E-state index in [9.17, 15) is 0 Å². The highest BCUT2D eigenvalue weighted by Gasteiger charge is 2.17. The minimum atomic E-state index is 0.260. The van der Waals surface area contributed by atoms with E-state index < -0.39 is 0 Å². The standard InChI is InChI=1S/C22H41N7O/c1-3-21-27-26-18-29(21)15-12-24-22(25-17-20-10-5-7-16-30-20)23-11-8-14-28-13-6-4-9-19(28)2/h18-20H,3-17H2,1-2H3,(H2,23,24,25). The lowest BCUT2D eigenvalue weighted by atomic mass is 10.0. The van der Waals surface area contributed by atoms with Crippen molar-refractivity contribution in [3.8, 4) is 0 Å². The van der Waals surface area contributed by atoms with Crippen molar-refractivity contribution in [3.05, 3.63) is 12.2 Å². The van der Waals surface area contributed by atoms with Gasteiger partial charge in [-0.05, 0) is 52.0 Å². The van der Waals surface area contributed by atoms with Crippen LogP contribution in [0, 0.1) is 0 Å². The number of likely N-dealkylation sites (tertiary alicyclic amines) is 1. The van der Waals surface area contributed by atoms with Crippen LogP contribution in [-0.2, 0) is 17.7 Å². The second-order valence-corrected chi connectivity index (χ2v) is 8.56. The Hall–Kier alpha value is -1.67. The molecule has 170 valence electrons. The highest BCUT2D eigenvalue weighted by molar-refractivity contribution is 5.79. The normalized spacial score (nSPS) is 23.5. The van der Waals surface area contributed by atoms with Crippen LogP contribution in [0.5, 0.6) is 0 Å². The number of hydrogen-bond acceptors (Lipinski definition) is 5. The first-order valence-corrected chi connectivity index (χ1v) is 12.0. The van der Waals surface area contributed by atoms with Crippen molar-refractivity contribution in [2.75, 3.05) is 39.3 Å². The fraction of sp³-hybridized carbons (Fsp3) is 0.864. The summed E-state index contributed by atoms with van der Waals surface area (Å²) in [5, 5.41) is 15.2. The third kappa shape index (κ3) is 7.54. The topological polar surface area (TPSA) is 79.6 Å². The van der Waals surface area contributed by atoms with Crippen LogP contribution in [0.1, 0.15) is 64.6 Å². The average molecular weight is 420 g/mol. The Morgan fingerprint density at radius 2 is 2.03 bits per heavy atom. The lowest BCUT2D eigenvalue weighted by Gasteiger charge is -2.33. The molecular weight excluding hydrogens is 378 g/mol. The van der Waals surface area contributed by atoms with Gasteiger partial charge < -0.3 is 24.8 Å². The van der Waals surface area contributed by atoms with E-state index in [1.165, 1.54) is 38.6 Å². The van der Waals surface area contributed by atoms with Crippen LogP contribution in [0.4, 0.5) is 0 Å². The molecule has 1 aromatic rings. The summed E-state index contributed by atoms with van der Waals surface area (Å²) in [6.45, 7) is 11.0. The van der Waals surface area contributed by atoms with Gasteiger partial charge >= 0.3 is 0 Å². The van der Waals surface area contributed by atoms with E-state index in [0.29, 0.717) is 0 Å². The van der Waals surface area contributed by atoms with Gasteiger partial charge in [-0.2, -0.15) is 0 Å². The van der Waals surface area contributed by atoms with Crippen LogP contribution in [-0.4, -0.2) is 77.1 Å². The summed E-state index contributed by atoms with van der Waals surface area (Å²) in [5.74, 6) is 1.91. The first-order chi connectivity index (χ1) is 14.8. The first-order valence-electron chi connectivity index (χ1n) is 12.0. The van der Waals surface area contributed by atoms with Crippen LogP contribution in [0.3, 0.4) is 0 Å². The minimum Gasteiger partial charge on any atom is -0.376 e. The number of guanidine groups is 1. The molecule has 2 atom stereocenters. The zero-order valence-corrected chi connectivity index (χ0v) is 19.0. The maximum Gasteiger partial charge on any atom is 0.191 e. The van der Waals surface area contributed by atoms with Gasteiger partial charge in [-0.15, -0.1) is 10.2 Å². The zero-order valence-electron chi connectivity index (χ0n) is 19.0. The van der Waals surface area contributed by atoms with E-state index in [1.54, 1.807) is 6.33 Å². The summed E-state index contributed by atoms with van der Waals surface area (Å²) in [6.07, 6.45) is 11.7. The van der Waals surface area contributed by atoms with Crippen LogP contribution in [0.2, 0.25) is 0 Å². The van der Waals surface area contributed by atoms with Gasteiger partial charge in [-0.25, -0.2) is 0 Å². The molecule has 0 aromatic carbocycles. The Morgan fingerprint density at radius 1 is 1.17 bits per heavy atom. The summed E-state index contributed by atoms with van der Waals surface area (Å²) >= 11 is 0. The monoisotopic (exact) mass is 419 g/mol. The van der Waals surface area contributed by atoms with Gasteiger partial charge in [0, 0.05) is 45.2 Å². The van der Waals surface area contributed by atoms with Gasteiger partial charge in [0.2, 0.25) is 0 Å². The van der Waals surface area contributed by atoms with Crippen LogP contribution in [0.25, 0.3) is 0 Å². The molecule has 1 aromatic heterocycles. The second kappa shape index (κ2) is 12.9. The number of hydrogen-bond donors (Lipinski definition) is 2. The molecule has 3 rings (SSSR count). The van der Waals surface area contributed by atoms with Gasteiger partial charge in [0.15, 0.2) is 5.96 Å². The van der Waals surface area contributed by atoms with Crippen molar-refractivity contribution in [2.45, 2.75) is 83.9 Å². The van der Waals surface area contributed by atoms with E-state index in [4.69, 9.17) is 9.73 Å². The van der Waals surface area contributed by atoms with Crippen molar-refractivity contribution in [1.29, 1.82) is 0 Å². The van der Waals surface area contributed by atoms with E-state index >= 15 is 0 Å². The maximum absolute atomic E-state index is 5.85. The molecule has 2 aliphatic heterocycles. The van der Waals surface area contributed by atoms with Gasteiger partial charge in [0.1, 0.15) is 12.2 Å². The number of piperidine rings is 1. The van der Waals surface area contributed by atoms with Crippen molar-refractivity contribution in [1.82, 2.24) is 30.3 Å². The molecule has 0 radical (unpaired) electrons. The number of aliphatic imine (C=N–C) groups is 1. The molecule has 2 aliphatic rings. The third-order valence-electron chi connectivity index (χ3n) is 6.24. The maximum atomic E-state index is 5.85. The summed E-state index contributed by atoms with van der Waals surface area (Å²) in [5.41, 5.74) is 0. The number of nitrogens with zero attached hydrogens (tertiary/aromatic N) is 5. The summed E-state index contributed by atoms with van der Waals surface area (Å²) in [4.78, 5) is 7.45. The van der Waals surface area contributed by atoms with E-state index in [2.05, 4.69) is 44.1 Å². The van der Waals surface area contributed by atoms with Crippen LogP contribution < -0.4 is 10.6 Å². The highest BCUT2D eigenvalue weighted by atomic mass is 16.5. The second-order valence-electron chi connectivity index (χ2n) is 8.56. The van der Waals surface area contributed by atoms with Crippen molar-refractivity contribution in [3.63, 3.8) is 0 Å². The number of aryl methyl sites for hydroxylation is 1. The molecule has 0 saturated carbocycles. The molecule has 2 fully saturated rings. The van der Waals surface area contributed by atoms with Gasteiger partial charge in [-0.1, -0.05) is 13.3 Å².